The monoisotopic (exact) mass is 590 g/mol. The first-order valence-corrected chi connectivity index (χ1v) is 14.0. The van der Waals surface area contributed by atoms with Crippen molar-refractivity contribution in [1.29, 1.82) is 0 Å². The van der Waals surface area contributed by atoms with E-state index in [0.717, 1.165) is 25.2 Å². The maximum atomic E-state index is 14.6. The fourth-order valence-electron chi connectivity index (χ4n) is 5.15. The minimum atomic E-state index is -1.22. The van der Waals surface area contributed by atoms with E-state index < -0.39 is 34.6 Å². The molecule has 1 aliphatic carbocycles. The molecule has 0 bridgehead atoms. The van der Waals surface area contributed by atoms with Crippen molar-refractivity contribution in [2.75, 3.05) is 6.61 Å². The number of carboxylic acid groups (broad SMARTS) is 1. The lowest BCUT2D eigenvalue weighted by atomic mass is 9.77. The van der Waals surface area contributed by atoms with Crippen molar-refractivity contribution < 1.29 is 32.6 Å². The van der Waals surface area contributed by atoms with Crippen molar-refractivity contribution in [2.45, 2.75) is 45.1 Å². The zero-order valence-corrected chi connectivity index (χ0v) is 22.9. The minimum Gasteiger partial charge on any atom is -0.476 e. The highest BCUT2D eigenvalue weighted by Gasteiger charge is 2.38. The number of hydrogen-bond donors (Lipinski definition) is 2. The second-order valence-electron chi connectivity index (χ2n) is 9.51. The van der Waals surface area contributed by atoms with Crippen LogP contribution < -0.4 is 5.32 Å². The number of rotatable bonds is 8. The van der Waals surface area contributed by atoms with E-state index in [1.54, 1.807) is 18.5 Å². The second kappa shape index (κ2) is 11.8. The average Bonchev–Trinajstić information content (AvgIpc) is 3.65. The molecule has 40 heavy (non-hydrogen) atoms. The highest BCUT2D eigenvalue weighted by molar-refractivity contribution is 7.11. The largest absolute Gasteiger partial charge is 0.476 e. The molecule has 3 aromatic rings. The number of carbonyl (C=O) groups is 2. The molecule has 0 spiro atoms. The Morgan fingerprint density at radius 3 is 2.67 bits per heavy atom. The lowest BCUT2D eigenvalue weighted by Gasteiger charge is -2.35. The molecule has 13 heteroatoms. The summed E-state index contributed by atoms with van der Waals surface area (Å²) in [4.78, 5) is 37.6. The lowest BCUT2D eigenvalue weighted by Crippen LogP contribution is -2.38. The summed E-state index contributed by atoms with van der Waals surface area (Å²) in [6.45, 7) is 1.79. The van der Waals surface area contributed by atoms with Crippen LogP contribution >= 0.6 is 22.9 Å². The van der Waals surface area contributed by atoms with Crippen LogP contribution in [0, 0.1) is 23.5 Å². The predicted molar refractivity (Wildman–Crippen MR) is 142 cm³/mol. The van der Waals surface area contributed by atoms with E-state index in [4.69, 9.17) is 30.9 Å². The number of aromatic carboxylic acids is 1. The number of allylic oxidation sites excluding steroid dienone is 1. The Balaban J connectivity index is 1.48. The van der Waals surface area contributed by atoms with Gasteiger partial charge in [-0.05, 0) is 50.5 Å². The number of thiazole rings is 1. The van der Waals surface area contributed by atoms with Crippen molar-refractivity contribution in [1.82, 2.24) is 15.3 Å². The van der Waals surface area contributed by atoms with Crippen LogP contribution in [-0.4, -0.2) is 39.5 Å². The molecule has 0 amide bonds. The van der Waals surface area contributed by atoms with E-state index in [9.17, 15) is 18.4 Å². The lowest BCUT2D eigenvalue weighted by molar-refractivity contribution is -0.139. The zero-order chi connectivity index (χ0) is 28.4. The molecule has 1 unspecified atom stereocenters. The quantitative estimate of drug-likeness (QED) is 0.252. The highest BCUT2D eigenvalue weighted by Crippen LogP contribution is 2.43. The number of carbonyl (C=O) groups excluding carboxylic acids is 1. The van der Waals surface area contributed by atoms with Crippen molar-refractivity contribution >= 4 is 40.7 Å². The molecule has 2 N–H and O–H groups in total. The maximum absolute atomic E-state index is 14.6. The third-order valence-electron chi connectivity index (χ3n) is 7.05. The number of aliphatic imine (C=N–C) groups is 1. The third kappa shape index (κ3) is 5.64. The number of carboxylic acids is 1. The van der Waals surface area contributed by atoms with Crippen LogP contribution in [0.4, 0.5) is 8.78 Å². The molecule has 1 atom stereocenters. The number of aromatic nitrogens is 2. The number of nitrogens with zero attached hydrogens (tertiary/aromatic N) is 3. The van der Waals surface area contributed by atoms with Gasteiger partial charge in [0, 0.05) is 29.3 Å². The number of nitrogens with one attached hydrogen (secondary N) is 1. The summed E-state index contributed by atoms with van der Waals surface area (Å²) >= 11 is 7.60. The summed E-state index contributed by atoms with van der Waals surface area (Å²) in [6, 6.07) is 1.25. The van der Waals surface area contributed by atoms with Crippen LogP contribution in [0.25, 0.3) is 0 Å². The molecule has 2 aliphatic rings. The van der Waals surface area contributed by atoms with Gasteiger partial charge in [-0.25, -0.2) is 28.3 Å². The van der Waals surface area contributed by atoms with Gasteiger partial charge in [0.25, 0.3) is 0 Å². The van der Waals surface area contributed by atoms with Crippen LogP contribution in [0.15, 0.2) is 50.7 Å². The Kier molecular flexibility index (Phi) is 8.27. The highest BCUT2D eigenvalue weighted by atomic mass is 35.5. The van der Waals surface area contributed by atoms with E-state index in [0.29, 0.717) is 41.7 Å². The van der Waals surface area contributed by atoms with Gasteiger partial charge in [0.05, 0.1) is 17.2 Å². The van der Waals surface area contributed by atoms with E-state index in [-0.39, 0.29) is 35.3 Å². The molecule has 5 rings (SSSR count). The summed E-state index contributed by atoms with van der Waals surface area (Å²) in [5, 5.41) is 14.3. The van der Waals surface area contributed by atoms with Gasteiger partial charge in [-0.2, -0.15) is 0 Å². The molecule has 0 radical (unpaired) electrons. The van der Waals surface area contributed by atoms with Gasteiger partial charge < -0.3 is 19.6 Å². The van der Waals surface area contributed by atoms with Crippen LogP contribution in [0.5, 0.6) is 0 Å². The Labute approximate surface area is 237 Å². The summed E-state index contributed by atoms with van der Waals surface area (Å²) in [5.41, 5.74) is 0.795. The summed E-state index contributed by atoms with van der Waals surface area (Å²) in [7, 11) is 0. The Bertz CT molecular complexity index is 1480. The third-order valence-corrected chi connectivity index (χ3v) is 8.22. The average molecular weight is 591 g/mol. The van der Waals surface area contributed by atoms with Gasteiger partial charge in [-0.1, -0.05) is 17.7 Å². The van der Waals surface area contributed by atoms with Crippen molar-refractivity contribution in [2.24, 2.45) is 16.8 Å². The van der Waals surface area contributed by atoms with Gasteiger partial charge in [-0.15, -0.1) is 11.3 Å². The Hall–Kier alpha value is -3.64. The number of ether oxygens (including phenoxy) is 1. The van der Waals surface area contributed by atoms with Crippen LogP contribution in [0.3, 0.4) is 0 Å². The van der Waals surface area contributed by atoms with Gasteiger partial charge >= 0.3 is 11.9 Å². The van der Waals surface area contributed by atoms with Crippen LogP contribution in [0.2, 0.25) is 5.02 Å². The fourth-order valence-corrected chi connectivity index (χ4v) is 6.00. The summed E-state index contributed by atoms with van der Waals surface area (Å²) < 4.78 is 39.2. The normalized spacial score (nSPS) is 21.1. The fraction of sp³-hybridized carbons (Fsp3) is 0.370. The molecule has 1 saturated carbocycles. The Morgan fingerprint density at radius 2 is 2.02 bits per heavy atom. The number of oxazole rings is 1. The molecule has 1 aromatic carbocycles. The summed E-state index contributed by atoms with van der Waals surface area (Å²) in [6.07, 6.45) is 6.15. The molecular formula is C27H25ClF2N4O5S. The first-order chi connectivity index (χ1) is 19.3. The van der Waals surface area contributed by atoms with Gasteiger partial charge in [0.2, 0.25) is 0 Å². The topological polar surface area (TPSA) is 127 Å². The summed E-state index contributed by atoms with van der Waals surface area (Å²) in [5.74, 6) is -3.22. The molecule has 210 valence electrons. The first kappa shape index (κ1) is 27.9. The molecule has 1 aliphatic heterocycles. The number of benzene rings is 1. The SMILES string of the molecule is CCOC(=O)C1=C([C@H]2CC[C@H](Cc3nc(C(=O)O)co3)CC2)NC(c2nccs2)=NC1c1ccc(F)c(F)c1Cl. The van der Waals surface area contributed by atoms with E-state index in [1.807, 2.05) is 0 Å². The molecular weight excluding hydrogens is 566 g/mol. The van der Waals surface area contributed by atoms with Gasteiger partial charge in [0.1, 0.15) is 12.3 Å². The van der Waals surface area contributed by atoms with Crippen molar-refractivity contribution in [3.05, 3.63) is 80.1 Å². The standard InChI is InChI=1S/C27H25ClF2N4O5S/c1-2-38-27(37)19-22(14-5-3-13(4-6-14)11-18-32-17(12-39-18)26(35)36)33-24(25-31-9-10-40-25)34-23(19)15-7-8-16(29)21(30)20(15)28/h7-10,12-14,23H,2-6,11H2,1H3,(H,33,34)(H,35,36)/t13-,14-,23?. The second-order valence-corrected chi connectivity index (χ2v) is 10.8. The van der Waals surface area contributed by atoms with Crippen molar-refractivity contribution in [3.63, 3.8) is 0 Å². The van der Waals surface area contributed by atoms with E-state index in [2.05, 4.69) is 15.3 Å². The van der Waals surface area contributed by atoms with Gasteiger partial charge in [0.15, 0.2) is 34.1 Å². The zero-order valence-electron chi connectivity index (χ0n) is 21.3. The Morgan fingerprint density at radius 1 is 1.25 bits per heavy atom. The van der Waals surface area contributed by atoms with Crippen molar-refractivity contribution in [3.8, 4) is 0 Å². The maximum Gasteiger partial charge on any atom is 0.357 e. The van der Waals surface area contributed by atoms with Crippen LogP contribution in [0.1, 0.15) is 65.6 Å². The smallest absolute Gasteiger partial charge is 0.357 e. The molecule has 1 fully saturated rings. The number of esters is 1. The minimum absolute atomic E-state index is 0.105. The van der Waals surface area contributed by atoms with E-state index in [1.165, 1.54) is 17.4 Å². The number of halogens is 3. The van der Waals surface area contributed by atoms with E-state index >= 15 is 0 Å². The van der Waals surface area contributed by atoms with Crippen LogP contribution in [-0.2, 0) is 16.0 Å². The molecule has 0 saturated heterocycles. The van der Waals surface area contributed by atoms with Gasteiger partial charge in [-0.3, -0.25) is 4.99 Å². The number of hydrogen-bond acceptors (Lipinski definition) is 9. The molecule has 9 nitrogen and oxygen atoms in total. The first-order valence-electron chi connectivity index (χ1n) is 12.7. The molecule has 2 aromatic heterocycles. The molecule has 3 heterocycles. The predicted octanol–water partition coefficient (Wildman–Crippen LogP) is 5.72. The number of amidine groups is 1.